The summed E-state index contributed by atoms with van der Waals surface area (Å²) in [7, 11) is -4.07. The van der Waals surface area contributed by atoms with E-state index in [1.807, 2.05) is 12.1 Å². The summed E-state index contributed by atoms with van der Waals surface area (Å²) in [6.07, 6.45) is 1.11. The zero-order chi connectivity index (χ0) is 27.5. The predicted molar refractivity (Wildman–Crippen MR) is 137 cm³/mol. The van der Waals surface area contributed by atoms with Crippen LogP contribution >= 0.6 is 10.6 Å². The number of piperidine rings is 1. The lowest BCUT2D eigenvalue weighted by molar-refractivity contribution is -0.144. The minimum Gasteiger partial charge on any atom is -0.342 e. The van der Waals surface area contributed by atoms with Crippen LogP contribution in [0.5, 0.6) is 0 Å². The molecule has 0 radical (unpaired) electrons. The zero-order valence-corrected chi connectivity index (χ0v) is 21.6. The van der Waals surface area contributed by atoms with E-state index in [2.05, 4.69) is 16.3 Å². The number of carbonyl (C=O) groups is 3. The molecule has 11 heteroatoms. The molecule has 1 atom stereocenters. The van der Waals surface area contributed by atoms with Gasteiger partial charge in [0.25, 0.3) is 11.7 Å². The summed E-state index contributed by atoms with van der Waals surface area (Å²) in [4.78, 5) is 39.4. The number of Topliss-reactive ketones (excluding diaryl/α,β-unsaturated/α-hetero) is 2. The highest BCUT2D eigenvalue weighted by molar-refractivity contribution is 8.25. The molecule has 0 saturated carbocycles. The van der Waals surface area contributed by atoms with Gasteiger partial charge in [-0.05, 0) is 80.1 Å². The first-order valence-corrected chi connectivity index (χ1v) is 14.3. The number of halogens is 3. The summed E-state index contributed by atoms with van der Waals surface area (Å²) in [5.41, 5.74) is 2.01. The normalized spacial score (nSPS) is 18.9. The molecule has 1 heterocycles. The molecule has 0 aromatic heterocycles. The maximum Gasteiger partial charge on any atom is 0.416 e. The van der Waals surface area contributed by atoms with E-state index < -0.39 is 56.5 Å². The first-order chi connectivity index (χ1) is 17.9. The van der Waals surface area contributed by atoms with Crippen LogP contribution in [0.1, 0.15) is 60.4 Å². The molecule has 7 nitrogen and oxygen atoms in total. The molecule has 1 saturated heterocycles. The Morgan fingerprint density at radius 2 is 1.74 bits per heavy atom. The largest absolute Gasteiger partial charge is 0.416 e. The van der Waals surface area contributed by atoms with E-state index in [1.165, 1.54) is 24.8 Å². The average Bonchev–Trinajstić information content (AvgIpc) is 2.88. The van der Waals surface area contributed by atoms with Gasteiger partial charge in [-0.25, -0.2) is 0 Å². The lowest BCUT2D eigenvalue weighted by atomic mass is 9.86. The molecule has 1 aliphatic carbocycles. The van der Waals surface area contributed by atoms with Gasteiger partial charge in [0.1, 0.15) is 5.75 Å². The Labute approximate surface area is 220 Å². The second-order valence-corrected chi connectivity index (χ2v) is 12.0. The number of alkyl halides is 3. The van der Waals surface area contributed by atoms with Gasteiger partial charge in [-0.3, -0.25) is 28.4 Å². The summed E-state index contributed by atoms with van der Waals surface area (Å²) in [5, 5.41) is 2.59. The molecule has 206 valence electrons. The second kappa shape index (κ2) is 11.6. The Kier molecular flexibility index (Phi) is 8.61. The minimum atomic E-state index is -4.73. The Morgan fingerprint density at radius 1 is 1.00 bits per heavy atom. The van der Waals surface area contributed by atoms with Crippen LogP contribution < -0.4 is 5.32 Å². The van der Waals surface area contributed by atoms with Gasteiger partial charge < -0.3 is 5.32 Å². The highest BCUT2D eigenvalue weighted by Gasteiger charge is 2.34. The van der Waals surface area contributed by atoms with E-state index in [0.29, 0.717) is 12.5 Å². The molecule has 0 spiro atoms. The lowest BCUT2D eigenvalue weighted by Gasteiger charge is -2.32. The number of hydrogen-bond donors (Lipinski definition) is 3. The van der Waals surface area contributed by atoms with Crippen molar-refractivity contribution in [3.05, 3.63) is 64.7 Å². The molecule has 2 aromatic rings. The Morgan fingerprint density at radius 3 is 2.45 bits per heavy atom. The summed E-state index contributed by atoms with van der Waals surface area (Å²) in [6.45, 7) is 3.00. The van der Waals surface area contributed by atoms with E-state index in [9.17, 15) is 36.7 Å². The van der Waals surface area contributed by atoms with Gasteiger partial charge in [0.2, 0.25) is 5.78 Å². The van der Waals surface area contributed by atoms with E-state index in [4.69, 9.17) is 0 Å². The molecule has 1 fully saturated rings. The maximum absolute atomic E-state index is 13.0. The van der Waals surface area contributed by atoms with Gasteiger partial charge in [-0.15, -0.1) is 0 Å². The predicted octanol–water partition coefficient (Wildman–Crippen LogP) is 5.13. The number of amides is 1. The van der Waals surface area contributed by atoms with Crippen molar-refractivity contribution in [3.8, 4) is 0 Å². The third-order valence-electron chi connectivity index (χ3n) is 7.01. The maximum atomic E-state index is 13.0. The number of ketones is 2. The van der Waals surface area contributed by atoms with Crippen molar-refractivity contribution in [2.24, 2.45) is 0 Å². The second-order valence-electron chi connectivity index (χ2n) is 9.88. The first-order valence-electron chi connectivity index (χ1n) is 12.6. The van der Waals surface area contributed by atoms with Crippen LogP contribution in [0, 0.1) is 0 Å². The van der Waals surface area contributed by atoms with Gasteiger partial charge in [0.05, 0.1) is 16.5 Å². The molecule has 1 amide bonds. The molecule has 38 heavy (non-hydrogen) atoms. The fraction of sp³-hybridized carbons (Fsp3) is 0.444. The molecule has 4 rings (SSSR count). The van der Waals surface area contributed by atoms with Crippen molar-refractivity contribution in [1.82, 2.24) is 10.2 Å². The first kappa shape index (κ1) is 28.3. The summed E-state index contributed by atoms with van der Waals surface area (Å²) < 4.78 is 59.6. The van der Waals surface area contributed by atoms with Crippen LogP contribution in [0.25, 0.3) is 0 Å². The van der Waals surface area contributed by atoms with Gasteiger partial charge in [-0.1, -0.05) is 30.7 Å². The van der Waals surface area contributed by atoms with Crippen LogP contribution in [-0.2, 0) is 33.5 Å². The van der Waals surface area contributed by atoms with Crippen molar-refractivity contribution in [1.29, 1.82) is 0 Å². The van der Waals surface area contributed by atoms with E-state index in [0.717, 1.165) is 61.8 Å². The average molecular weight is 553 g/mol. The summed E-state index contributed by atoms with van der Waals surface area (Å²) in [6, 6.07) is 8.87. The van der Waals surface area contributed by atoms with Crippen molar-refractivity contribution >= 4 is 28.1 Å². The molecule has 3 N–H and O–H groups in total. The molecule has 2 aromatic carbocycles. The zero-order valence-electron chi connectivity index (χ0n) is 20.8. The number of carbonyl (C=O) groups excluding carboxylic acids is 3. The highest BCUT2D eigenvalue weighted by atomic mass is 32.3. The molecule has 1 aliphatic heterocycles. The number of nitrogens with one attached hydrogen (secondary N) is 1. The van der Waals surface area contributed by atoms with Crippen molar-refractivity contribution in [2.45, 2.75) is 62.2 Å². The van der Waals surface area contributed by atoms with E-state index in [-0.39, 0.29) is 0 Å². The van der Waals surface area contributed by atoms with Crippen molar-refractivity contribution < 1.29 is 36.7 Å². The Hall–Kier alpha value is -2.73. The number of nitrogens with zero attached hydrogens (tertiary/aromatic N) is 1. The van der Waals surface area contributed by atoms with Crippen LogP contribution in [0.3, 0.4) is 0 Å². The number of benzene rings is 2. The third kappa shape index (κ3) is 6.82. The molecule has 2 aliphatic rings. The third-order valence-corrected chi connectivity index (χ3v) is 8.69. The number of hydrogen-bond acceptors (Lipinski definition) is 6. The standard InChI is InChI=1S/C27H31F3N2O5S/c28-27(29,30)20-7-5-8-21(15-20)38(36,37)17-24(33)25(34)26(35)31-23-9-4-6-19-14-18(10-11-22(19)23)16-32-12-2-1-3-13-32/h5,7-8,10-11,14-15,23,36-37H,1-4,6,9,12-13,16-17H2,(H,31,35). The van der Waals surface area contributed by atoms with Gasteiger partial charge in [0.15, 0.2) is 0 Å². The molecular weight excluding hydrogens is 521 g/mol. The number of fused-ring (bicyclic) bond motifs is 1. The molecular formula is C27H31F3N2O5S. The van der Waals surface area contributed by atoms with Crippen molar-refractivity contribution in [3.63, 3.8) is 0 Å². The Balaban J connectivity index is 1.39. The van der Waals surface area contributed by atoms with Crippen LogP contribution in [0.4, 0.5) is 13.2 Å². The Bertz CT molecular complexity index is 1210. The van der Waals surface area contributed by atoms with Crippen LogP contribution in [-0.4, -0.2) is 50.3 Å². The van der Waals surface area contributed by atoms with Gasteiger partial charge >= 0.3 is 6.18 Å². The van der Waals surface area contributed by atoms with Gasteiger partial charge in [-0.2, -0.15) is 23.8 Å². The number of likely N-dealkylation sites (tertiary alicyclic amines) is 1. The van der Waals surface area contributed by atoms with Gasteiger partial charge in [0, 0.05) is 6.54 Å². The summed E-state index contributed by atoms with van der Waals surface area (Å²) >= 11 is 0. The van der Waals surface area contributed by atoms with Crippen LogP contribution in [0.2, 0.25) is 0 Å². The van der Waals surface area contributed by atoms with Crippen molar-refractivity contribution in [2.75, 3.05) is 18.8 Å². The monoisotopic (exact) mass is 552 g/mol. The smallest absolute Gasteiger partial charge is 0.342 e. The number of aryl methyl sites for hydroxylation is 1. The molecule has 0 bridgehead atoms. The fourth-order valence-electron chi connectivity index (χ4n) is 5.05. The minimum absolute atomic E-state index is 0.476. The highest BCUT2D eigenvalue weighted by Crippen LogP contribution is 2.49. The fourth-order valence-corrected chi connectivity index (χ4v) is 6.33. The lowest BCUT2D eigenvalue weighted by Crippen LogP contribution is -2.40. The summed E-state index contributed by atoms with van der Waals surface area (Å²) in [5.74, 6) is -5.20. The SMILES string of the molecule is O=C(CS(O)(O)c1cccc(C(F)(F)F)c1)C(=O)C(=O)NC1CCCc2cc(CN3CCCCC3)ccc21. The van der Waals surface area contributed by atoms with E-state index >= 15 is 0 Å². The van der Waals surface area contributed by atoms with Crippen LogP contribution in [0.15, 0.2) is 47.4 Å². The number of rotatable bonds is 8. The molecule has 1 unspecified atom stereocenters. The van der Waals surface area contributed by atoms with E-state index in [1.54, 1.807) is 0 Å². The quantitative estimate of drug-likeness (QED) is 0.310. The topological polar surface area (TPSA) is 107 Å².